The van der Waals surface area contributed by atoms with Gasteiger partial charge in [-0.3, -0.25) is 4.99 Å². The highest BCUT2D eigenvalue weighted by atomic mass is 127. The van der Waals surface area contributed by atoms with Crippen LogP contribution in [0, 0.1) is 5.92 Å². The maximum absolute atomic E-state index is 5.72. The lowest BCUT2D eigenvalue weighted by atomic mass is 10.2. The predicted octanol–water partition coefficient (Wildman–Crippen LogP) is 4.22. The van der Waals surface area contributed by atoms with Gasteiger partial charge in [0.15, 0.2) is 17.5 Å². The number of methoxy groups -OCH3 is 2. The lowest BCUT2D eigenvalue weighted by Crippen LogP contribution is -2.36. The van der Waals surface area contributed by atoms with Crippen LogP contribution in [0.5, 0.6) is 17.2 Å². The number of rotatable bonds is 9. The second-order valence-corrected chi connectivity index (χ2v) is 6.82. The Hall–Kier alpha value is -2.16. The van der Waals surface area contributed by atoms with Gasteiger partial charge in [0, 0.05) is 20.1 Å². The van der Waals surface area contributed by atoms with Gasteiger partial charge in [-0.2, -0.15) is 0 Å². The fourth-order valence-corrected chi connectivity index (χ4v) is 2.55. The summed E-state index contributed by atoms with van der Waals surface area (Å²) in [7, 11) is 5.02. The molecule has 2 aromatic rings. The van der Waals surface area contributed by atoms with Gasteiger partial charge in [0.1, 0.15) is 5.75 Å². The Labute approximate surface area is 191 Å². The van der Waals surface area contributed by atoms with Crippen molar-refractivity contribution in [2.75, 3.05) is 27.9 Å². The van der Waals surface area contributed by atoms with E-state index in [4.69, 9.17) is 14.2 Å². The largest absolute Gasteiger partial charge is 0.493 e. The molecule has 0 saturated carbocycles. The number of nitrogens with one attached hydrogen (secondary N) is 2. The molecule has 0 radical (unpaired) electrons. The van der Waals surface area contributed by atoms with Crippen LogP contribution >= 0.6 is 24.0 Å². The van der Waals surface area contributed by atoms with E-state index in [1.165, 1.54) is 0 Å². The molecule has 0 saturated heterocycles. The molecule has 29 heavy (non-hydrogen) atoms. The fraction of sp³-hybridized carbons (Fsp3) is 0.409. The van der Waals surface area contributed by atoms with E-state index in [0.717, 1.165) is 35.2 Å². The first-order chi connectivity index (χ1) is 13.5. The molecular weight excluding hydrogens is 481 g/mol. The first-order valence-corrected chi connectivity index (χ1v) is 9.42. The molecule has 0 aromatic heterocycles. The SMILES string of the molecule is CN=C(NCc1ccc(OCC(C)C)cc1)NCc1ccc(OC)c(OC)c1.I. The highest BCUT2D eigenvalue weighted by Crippen LogP contribution is 2.27. The molecule has 2 N–H and O–H groups in total. The van der Waals surface area contributed by atoms with Crippen LogP contribution in [0.2, 0.25) is 0 Å². The normalized spacial score (nSPS) is 10.9. The van der Waals surface area contributed by atoms with Gasteiger partial charge in [-0.1, -0.05) is 32.0 Å². The van der Waals surface area contributed by atoms with Crippen molar-refractivity contribution >= 4 is 29.9 Å². The number of benzene rings is 2. The Balaban J connectivity index is 0.00000420. The van der Waals surface area contributed by atoms with Crippen LogP contribution in [0.1, 0.15) is 25.0 Å². The third kappa shape index (κ3) is 8.39. The van der Waals surface area contributed by atoms with E-state index in [0.29, 0.717) is 24.8 Å². The summed E-state index contributed by atoms with van der Waals surface area (Å²) < 4.78 is 16.3. The van der Waals surface area contributed by atoms with Crippen molar-refractivity contribution in [1.29, 1.82) is 0 Å². The van der Waals surface area contributed by atoms with Crippen molar-refractivity contribution in [1.82, 2.24) is 10.6 Å². The van der Waals surface area contributed by atoms with E-state index in [9.17, 15) is 0 Å². The average Bonchev–Trinajstić information content (AvgIpc) is 2.72. The molecule has 0 amide bonds. The molecule has 7 heteroatoms. The van der Waals surface area contributed by atoms with E-state index >= 15 is 0 Å². The quantitative estimate of drug-likeness (QED) is 0.299. The summed E-state index contributed by atoms with van der Waals surface area (Å²) in [5.74, 6) is 3.57. The molecule has 0 heterocycles. The molecule has 0 aliphatic rings. The van der Waals surface area contributed by atoms with Crippen molar-refractivity contribution in [2.24, 2.45) is 10.9 Å². The van der Waals surface area contributed by atoms with Crippen LogP contribution in [-0.2, 0) is 13.1 Å². The maximum atomic E-state index is 5.72. The minimum atomic E-state index is 0. The van der Waals surface area contributed by atoms with Crippen molar-refractivity contribution in [3.63, 3.8) is 0 Å². The van der Waals surface area contributed by atoms with E-state index in [-0.39, 0.29) is 24.0 Å². The predicted molar refractivity (Wildman–Crippen MR) is 129 cm³/mol. The second kappa shape index (κ2) is 13.1. The van der Waals surface area contributed by atoms with Crippen LogP contribution in [0.3, 0.4) is 0 Å². The number of nitrogens with zero attached hydrogens (tertiary/aromatic N) is 1. The molecule has 0 aliphatic heterocycles. The minimum absolute atomic E-state index is 0. The van der Waals surface area contributed by atoms with Crippen LogP contribution in [0.25, 0.3) is 0 Å². The van der Waals surface area contributed by atoms with Gasteiger partial charge < -0.3 is 24.8 Å². The zero-order valence-electron chi connectivity index (χ0n) is 17.8. The molecular formula is C22H32IN3O3. The first-order valence-electron chi connectivity index (χ1n) is 9.42. The van der Waals surface area contributed by atoms with Gasteiger partial charge in [-0.15, -0.1) is 24.0 Å². The van der Waals surface area contributed by atoms with Gasteiger partial charge >= 0.3 is 0 Å². The standard InChI is InChI=1S/C22H31N3O3.HI/c1-16(2)15-28-19-9-6-17(7-10-19)13-24-22(23-3)25-14-18-8-11-20(26-4)21(12-18)27-5;/h6-12,16H,13-15H2,1-5H3,(H2,23,24,25);1H. The van der Waals surface area contributed by atoms with Crippen LogP contribution < -0.4 is 24.8 Å². The Morgan fingerprint density at radius 3 is 2.03 bits per heavy atom. The van der Waals surface area contributed by atoms with Crippen molar-refractivity contribution in [2.45, 2.75) is 26.9 Å². The van der Waals surface area contributed by atoms with Gasteiger partial charge in [0.25, 0.3) is 0 Å². The number of hydrogen-bond donors (Lipinski definition) is 2. The Morgan fingerprint density at radius 1 is 0.897 bits per heavy atom. The monoisotopic (exact) mass is 513 g/mol. The first kappa shape index (κ1) is 24.9. The van der Waals surface area contributed by atoms with Crippen molar-refractivity contribution in [3.05, 3.63) is 53.6 Å². The van der Waals surface area contributed by atoms with E-state index in [1.807, 2.05) is 30.3 Å². The highest BCUT2D eigenvalue weighted by molar-refractivity contribution is 14.0. The van der Waals surface area contributed by atoms with E-state index < -0.39 is 0 Å². The lowest BCUT2D eigenvalue weighted by Gasteiger charge is -2.14. The molecule has 0 bridgehead atoms. The van der Waals surface area contributed by atoms with Crippen molar-refractivity contribution < 1.29 is 14.2 Å². The Morgan fingerprint density at radius 2 is 1.48 bits per heavy atom. The molecule has 0 fully saturated rings. The summed E-state index contributed by atoms with van der Waals surface area (Å²) in [6, 6.07) is 14.0. The molecule has 0 atom stereocenters. The minimum Gasteiger partial charge on any atom is -0.493 e. The number of aliphatic imine (C=N–C) groups is 1. The van der Waals surface area contributed by atoms with Crippen molar-refractivity contribution in [3.8, 4) is 17.2 Å². The fourth-order valence-electron chi connectivity index (χ4n) is 2.55. The van der Waals surface area contributed by atoms with Gasteiger partial charge in [0.05, 0.1) is 20.8 Å². The third-order valence-corrected chi connectivity index (χ3v) is 4.10. The average molecular weight is 513 g/mol. The molecule has 6 nitrogen and oxygen atoms in total. The van der Waals surface area contributed by atoms with Crippen LogP contribution in [-0.4, -0.2) is 33.8 Å². The number of halogens is 1. The summed E-state index contributed by atoms with van der Waals surface area (Å²) >= 11 is 0. The van der Waals surface area contributed by atoms with Gasteiger partial charge in [0.2, 0.25) is 0 Å². The zero-order chi connectivity index (χ0) is 20.4. The number of guanidine groups is 1. The topological polar surface area (TPSA) is 64.1 Å². The molecule has 0 unspecified atom stereocenters. The molecule has 0 aliphatic carbocycles. The van der Waals surface area contributed by atoms with Crippen LogP contribution in [0.4, 0.5) is 0 Å². The van der Waals surface area contributed by atoms with E-state index in [2.05, 4.69) is 41.6 Å². The molecule has 2 aromatic carbocycles. The zero-order valence-corrected chi connectivity index (χ0v) is 20.2. The smallest absolute Gasteiger partial charge is 0.191 e. The maximum Gasteiger partial charge on any atom is 0.191 e. The number of hydrogen-bond acceptors (Lipinski definition) is 4. The summed E-state index contributed by atoms with van der Waals surface area (Å²) in [5.41, 5.74) is 2.23. The summed E-state index contributed by atoms with van der Waals surface area (Å²) in [5, 5.41) is 6.63. The lowest BCUT2D eigenvalue weighted by molar-refractivity contribution is 0.271. The summed E-state index contributed by atoms with van der Waals surface area (Å²) in [6.07, 6.45) is 0. The Kier molecular flexibility index (Phi) is 11.3. The Bertz CT molecular complexity index is 764. The number of ether oxygens (including phenoxy) is 3. The summed E-state index contributed by atoms with van der Waals surface area (Å²) in [6.45, 7) is 6.31. The second-order valence-electron chi connectivity index (χ2n) is 6.82. The highest BCUT2D eigenvalue weighted by Gasteiger charge is 2.05. The molecule has 2 rings (SSSR count). The third-order valence-electron chi connectivity index (χ3n) is 4.10. The van der Waals surface area contributed by atoms with Gasteiger partial charge in [-0.05, 0) is 41.3 Å². The van der Waals surface area contributed by atoms with E-state index in [1.54, 1.807) is 21.3 Å². The molecule has 160 valence electrons. The summed E-state index contributed by atoms with van der Waals surface area (Å²) in [4.78, 5) is 4.27. The van der Waals surface area contributed by atoms with Crippen LogP contribution in [0.15, 0.2) is 47.5 Å². The van der Waals surface area contributed by atoms with Gasteiger partial charge in [-0.25, -0.2) is 0 Å². The molecule has 0 spiro atoms.